The third-order valence-corrected chi connectivity index (χ3v) is 2.40. The molecule has 0 unspecified atom stereocenters. The maximum atomic E-state index is 5.21. The van der Waals surface area contributed by atoms with E-state index in [2.05, 4.69) is 41.2 Å². The summed E-state index contributed by atoms with van der Waals surface area (Å²) in [5, 5.41) is 7.34. The van der Waals surface area contributed by atoms with Crippen LogP contribution in [0.3, 0.4) is 0 Å². The fourth-order valence-corrected chi connectivity index (χ4v) is 1.52. The molecule has 0 aromatic carbocycles. The molecule has 0 saturated heterocycles. The van der Waals surface area contributed by atoms with E-state index in [1.54, 1.807) is 12.4 Å². The zero-order valence-corrected chi connectivity index (χ0v) is 11.0. The molecule has 2 aromatic heterocycles. The SMILES string of the molecule is CC(C)(C)NCCc1nc(-c2ccncc2)no1. The van der Waals surface area contributed by atoms with E-state index in [1.165, 1.54) is 0 Å². The highest BCUT2D eigenvalue weighted by Gasteiger charge is 2.11. The van der Waals surface area contributed by atoms with Gasteiger partial charge in [0.1, 0.15) is 0 Å². The summed E-state index contributed by atoms with van der Waals surface area (Å²) in [6.07, 6.45) is 4.16. The van der Waals surface area contributed by atoms with Crippen LogP contribution < -0.4 is 5.32 Å². The fraction of sp³-hybridized carbons (Fsp3) is 0.462. The molecule has 0 saturated carbocycles. The molecule has 0 aliphatic carbocycles. The second kappa shape index (κ2) is 5.27. The van der Waals surface area contributed by atoms with Gasteiger partial charge in [-0.2, -0.15) is 4.98 Å². The second-order valence-electron chi connectivity index (χ2n) is 5.17. The molecule has 0 spiro atoms. The van der Waals surface area contributed by atoms with Crippen LogP contribution in [0.25, 0.3) is 11.4 Å². The van der Waals surface area contributed by atoms with Crippen LogP contribution in [0.5, 0.6) is 0 Å². The molecule has 18 heavy (non-hydrogen) atoms. The number of aromatic nitrogens is 3. The molecule has 0 aliphatic rings. The molecule has 0 radical (unpaired) electrons. The number of hydrogen-bond acceptors (Lipinski definition) is 5. The molecule has 0 amide bonds. The first-order valence-corrected chi connectivity index (χ1v) is 6.03. The normalized spacial score (nSPS) is 11.7. The van der Waals surface area contributed by atoms with Crippen molar-refractivity contribution in [3.63, 3.8) is 0 Å². The van der Waals surface area contributed by atoms with Gasteiger partial charge in [0.25, 0.3) is 0 Å². The van der Waals surface area contributed by atoms with Crippen LogP contribution in [0, 0.1) is 0 Å². The van der Waals surface area contributed by atoms with Gasteiger partial charge in [-0.25, -0.2) is 0 Å². The molecule has 1 N–H and O–H groups in total. The number of nitrogens with one attached hydrogen (secondary N) is 1. The molecule has 96 valence electrons. The van der Waals surface area contributed by atoms with E-state index in [4.69, 9.17) is 4.52 Å². The average Bonchev–Trinajstić information content (AvgIpc) is 2.77. The van der Waals surface area contributed by atoms with Gasteiger partial charge in [-0.15, -0.1) is 0 Å². The van der Waals surface area contributed by atoms with Gasteiger partial charge in [0.2, 0.25) is 11.7 Å². The average molecular weight is 246 g/mol. The summed E-state index contributed by atoms with van der Waals surface area (Å²) < 4.78 is 5.21. The number of rotatable bonds is 4. The van der Waals surface area contributed by atoms with Gasteiger partial charge in [-0.1, -0.05) is 5.16 Å². The summed E-state index contributed by atoms with van der Waals surface area (Å²) >= 11 is 0. The van der Waals surface area contributed by atoms with E-state index in [1.807, 2.05) is 12.1 Å². The van der Waals surface area contributed by atoms with E-state index in [9.17, 15) is 0 Å². The van der Waals surface area contributed by atoms with Gasteiger partial charge in [0.05, 0.1) is 0 Å². The lowest BCUT2D eigenvalue weighted by atomic mass is 10.1. The highest BCUT2D eigenvalue weighted by molar-refractivity contribution is 5.52. The van der Waals surface area contributed by atoms with Crippen molar-refractivity contribution >= 4 is 0 Å². The van der Waals surface area contributed by atoms with Crippen molar-refractivity contribution in [1.29, 1.82) is 0 Å². The maximum absolute atomic E-state index is 5.21. The molecular formula is C13H18N4O. The molecular weight excluding hydrogens is 228 g/mol. The first kappa shape index (κ1) is 12.7. The zero-order chi connectivity index (χ0) is 13.0. The van der Waals surface area contributed by atoms with Crippen LogP contribution in [0.15, 0.2) is 29.0 Å². The lowest BCUT2D eigenvalue weighted by Gasteiger charge is -2.19. The van der Waals surface area contributed by atoms with Crippen molar-refractivity contribution in [2.75, 3.05) is 6.54 Å². The van der Waals surface area contributed by atoms with Crippen LogP contribution in [0.4, 0.5) is 0 Å². The highest BCUT2D eigenvalue weighted by Crippen LogP contribution is 2.14. The Morgan fingerprint density at radius 2 is 1.94 bits per heavy atom. The molecule has 2 heterocycles. The van der Waals surface area contributed by atoms with Gasteiger partial charge in [0.15, 0.2) is 0 Å². The van der Waals surface area contributed by atoms with E-state index in [0.717, 1.165) is 18.5 Å². The lowest BCUT2D eigenvalue weighted by Crippen LogP contribution is -2.37. The summed E-state index contributed by atoms with van der Waals surface area (Å²) in [6, 6.07) is 3.73. The monoisotopic (exact) mass is 246 g/mol. The Bertz CT molecular complexity index is 487. The lowest BCUT2D eigenvalue weighted by molar-refractivity contribution is 0.362. The largest absolute Gasteiger partial charge is 0.339 e. The van der Waals surface area contributed by atoms with E-state index < -0.39 is 0 Å². The molecule has 2 rings (SSSR count). The summed E-state index contributed by atoms with van der Waals surface area (Å²) in [6.45, 7) is 7.21. The topological polar surface area (TPSA) is 63.8 Å². The molecule has 0 aliphatic heterocycles. The molecule has 5 heteroatoms. The summed E-state index contributed by atoms with van der Waals surface area (Å²) in [4.78, 5) is 8.31. The van der Waals surface area contributed by atoms with Crippen molar-refractivity contribution in [2.24, 2.45) is 0 Å². The van der Waals surface area contributed by atoms with Crippen LogP contribution in [0.1, 0.15) is 26.7 Å². The Balaban J connectivity index is 1.95. The minimum atomic E-state index is 0.105. The number of nitrogens with zero attached hydrogens (tertiary/aromatic N) is 3. The van der Waals surface area contributed by atoms with Crippen molar-refractivity contribution in [2.45, 2.75) is 32.7 Å². The first-order chi connectivity index (χ1) is 8.54. The van der Waals surface area contributed by atoms with Gasteiger partial charge in [0, 0.05) is 36.5 Å². The van der Waals surface area contributed by atoms with Crippen molar-refractivity contribution in [3.05, 3.63) is 30.4 Å². The predicted octanol–water partition coefficient (Wildman–Crippen LogP) is 2.06. The molecule has 0 fully saturated rings. The highest BCUT2D eigenvalue weighted by atomic mass is 16.5. The zero-order valence-electron chi connectivity index (χ0n) is 11.0. The van der Waals surface area contributed by atoms with Crippen LogP contribution in [-0.4, -0.2) is 27.2 Å². The first-order valence-electron chi connectivity index (χ1n) is 6.03. The van der Waals surface area contributed by atoms with Gasteiger partial charge in [-0.05, 0) is 32.9 Å². The van der Waals surface area contributed by atoms with Crippen molar-refractivity contribution in [1.82, 2.24) is 20.4 Å². The van der Waals surface area contributed by atoms with Crippen molar-refractivity contribution in [3.8, 4) is 11.4 Å². The second-order valence-corrected chi connectivity index (χ2v) is 5.17. The Morgan fingerprint density at radius 3 is 2.61 bits per heavy atom. The Morgan fingerprint density at radius 1 is 1.22 bits per heavy atom. The Labute approximate surface area is 107 Å². The van der Waals surface area contributed by atoms with Crippen LogP contribution >= 0.6 is 0 Å². The van der Waals surface area contributed by atoms with Crippen LogP contribution in [-0.2, 0) is 6.42 Å². The molecule has 2 aromatic rings. The third-order valence-electron chi connectivity index (χ3n) is 2.40. The Kier molecular flexibility index (Phi) is 3.72. The maximum Gasteiger partial charge on any atom is 0.228 e. The van der Waals surface area contributed by atoms with Gasteiger partial charge >= 0.3 is 0 Å². The molecule has 5 nitrogen and oxygen atoms in total. The minimum absolute atomic E-state index is 0.105. The quantitative estimate of drug-likeness (QED) is 0.894. The summed E-state index contributed by atoms with van der Waals surface area (Å²) in [7, 11) is 0. The van der Waals surface area contributed by atoms with Gasteiger partial charge < -0.3 is 9.84 Å². The molecule has 0 atom stereocenters. The van der Waals surface area contributed by atoms with Crippen molar-refractivity contribution < 1.29 is 4.52 Å². The molecule has 0 bridgehead atoms. The van der Waals surface area contributed by atoms with Crippen LogP contribution in [0.2, 0.25) is 0 Å². The van der Waals surface area contributed by atoms with E-state index in [-0.39, 0.29) is 5.54 Å². The smallest absolute Gasteiger partial charge is 0.228 e. The van der Waals surface area contributed by atoms with E-state index >= 15 is 0 Å². The number of hydrogen-bond donors (Lipinski definition) is 1. The summed E-state index contributed by atoms with van der Waals surface area (Å²) in [5.74, 6) is 1.27. The predicted molar refractivity (Wildman–Crippen MR) is 69.0 cm³/mol. The standard InChI is InChI=1S/C13H18N4O/c1-13(2,3)15-9-6-11-16-12(17-18-11)10-4-7-14-8-5-10/h4-5,7-8,15H,6,9H2,1-3H3. The number of pyridine rings is 1. The van der Waals surface area contributed by atoms with Gasteiger partial charge in [-0.3, -0.25) is 4.98 Å². The third kappa shape index (κ3) is 3.63. The van der Waals surface area contributed by atoms with E-state index in [0.29, 0.717) is 11.7 Å². The minimum Gasteiger partial charge on any atom is -0.339 e. The Hall–Kier alpha value is -1.75. The summed E-state index contributed by atoms with van der Waals surface area (Å²) in [5.41, 5.74) is 1.03. The fourth-order valence-electron chi connectivity index (χ4n) is 1.52.